The second-order valence-electron chi connectivity index (χ2n) is 7.53. The molecule has 138 valence electrons. The monoisotopic (exact) mass is 379 g/mol. The van der Waals surface area contributed by atoms with Crippen LogP contribution in [0.25, 0.3) is 21.2 Å². The highest BCUT2D eigenvalue weighted by Crippen LogP contribution is 2.44. The molecule has 2 fully saturated rings. The lowest BCUT2D eigenvalue weighted by Crippen LogP contribution is -2.47. The Balaban J connectivity index is 1.30. The topological polar surface area (TPSA) is 64.1 Å². The number of anilines is 1. The quantitative estimate of drug-likeness (QED) is 0.720. The number of nitrogens with zero attached hydrogens (tertiary/aromatic N) is 2. The molecule has 5 nitrogen and oxygen atoms in total. The highest BCUT2D eigenvalue weighted by Gasteiger charge is 2.44. The van der Waals surface area contributed by atoms with E-state index in [1.54, 1.807) is 6.20 Å². The molecule has 6 heteroatoms. The molecule has 1 N–H and O–H groups in total. The van der Waals surface area contributed by atoms with Crippen LogP contribution in [-0.4, -0.2) is 28.1 Å². The molecule has 27 heavy (non-hydrogen) atoms. The molecular formula is C21H21N3O2S. The molecule has 2 aliphatic rings. The summed E-state index contributed by atoms with van der Waals surface area (Å²) >= 11 is 1.52. The number of rotatable bonds is 3. The zero-order valence-corrected chi connectivity index (χ0v) is 15.8. The number of nitrogens with one attached hydrogen (secondary N) is 1. The molecule has 1 spiro atoms. The molecule has 3 heterocycles. The van der Waals surface area contributed by atoms with E-state index in [1.165, 1.54) is 17.8 Å². The Morgan fingerprint density at radius 2 is 2.15 bits per heavy atom. The summed E-state index contributed by atoms with van der Waals surface area (Å²) in [5.74, 6) is 0.106. The van der Waals surface area contributed by atoms with E-state index in [0.717, 1.165) is 46.9 Å². The van der Waals surface area contributed by atoms with Crippen molar-refractivity contribution in [3.63, 3.8) is 0 Å². The van der Waals surface area contributed by atoms with Crippen LogP contribution >= 0.6 is 11.3 Å². The van der Waals surface area contributed by atoms with E-state index in [2.05, 4.69) is 33.5 Å². The molecule has 1 atom stereocenters. The van der Waals surface area contributed by atoms with Crippen molar-refractivity contribution in [1.29, 1.82) is 0 Å². The summed E-state index contributed by atoms with van der Waals surface area (Å²) in [5.41, 5.74) is 1.08. The van der Waals surface area contributed by atoms with Gasteiger partial charge in [0, 0.05) is 36.5 Å². The zero-order chi connectivity index (χ0) is 18.3. The zero-order valence-electron chi connectivity index (χ0n) is 15.0. The minimum atomic E-state index is -0.0196. The fourth-order valence-electron chi connectivity index (χ4n) is 4.08. The van der Waals surface area contributed by atoms with E-state index in [1.807, 2.05) is 18.5 Å². The minimum Gasteiger partial charge on any atom is -0.375 e. The molecule has 1 aromatic carbocycles. The van der Waals surface area contributed by atoms with Gasteiger partial charge in [0.2, 0.25) is 5.91 Å². The van der Waals surface area contributed by atoms with Crippen LogP contribution in [0.4, 0.5) is 5.13 Å². The fraction of sp³-hybridized carbons (Fsp3) is 0.381. The number of aromatic nitrogens is 2. The molecule has 1 saturated carbocycles. The minimum absolute atomic E-state index is 0.0196. The summed E-state index contributed by atoms with van der Waals surface area (Å²) in [6, 6.07) is 8.27. The van der Waals surface area contributed by atoms with E-state index in [-0.39, 0.29) is 17.4 Å². The first-order valence-corrected chi connectivity index (χ1v) is 10.3. The molecule has 1 amide bonds. The molecule has 2 aromatic heterocycles. The summed E-state index contributed by atoms with van der Waals surface area (Å²) in [6.45, 7) is 0.688. The Labute approximate surface area is 161 Å². The highest BCUT2D eigenvalue weighted by atomic mass is 32.1. The molecule has 1 aliphatic carbocycles. The Hall–Kier alpha value is -2.31. The van der Waals surface area contributed by atoms with E-state index in [4.69, 9.17) is 4.74 Å². The van der Waals surface area contributed by atoms with Gasteiger partial charge in [-0.05, 0) is 55.2 Å². The maximum Gasteiger partial charge on any atom is 0.229 e. The number of carbonyl (C=O) groups excluding carboxylic acids is 1. The van der Waals surface area contributed by atoms with Gasteiger partial charge in [0.05, 0.1) is 10.5 Å². The number of ether oxygens (including phenoxy) is 1. The molecule has 3 aromatic rings. The fourth-order valence-corrected chi connectivity index (χ4v) is 4.90. The number of benzene rings is 1. The van der Waals surface area contributed by atoms with Crippen molar-refractivity contribution in [2.45, 2.75) is 37.7 Å². The smallest absolute Gasteiger partial charge is 0.229 e. The van der Waals surface area contributed by atoms with Gasteiger partial charge in [0.1, 0.15) is 0 Å². The van der Waals surface area contributed by atoms with Gasteiger partial charge in [0.25, 0.3) is 0 Å². The summed E-state index contributed by atoms with van der Waals surface area (Å²) in [4.78, 5) is 22.3. The third-order valence-electron chi connectivity index (χ3n) is 5.79. The predicted molar refractivity (Wildman–Crippen MR) is 107 cm³/mol. The van der Waals surface area contributed by atoms with E-state index in [9.17, 15) is 4.79 Å². The van der Waals surface area contributed by atoms with Crippen LogP contribution in [0.3, 0.4) is 0 Å². The summed E-state index contributed by atoms with van der Waals surface area (Å²) in [7, 11) is 0. The predicted octanol–water partition coefficient (Wildman–Crippen LogP) is 4.65. The van der Waals surface area contributed by atoms with Crippen molar-refractivity contribution in [2.24, 2.45) is 5.92 Å². The van der Waals surface area contributed by atoms with Crippen molar-refractivity contribution in [3.8, 4) is 10.4 Å². The molecule has 1 saturated heterocycles. The standard InChI is InChI=1S/C21H21N3O2S/c25-19(16-5-9-26-21(11-16)6-1-7-21)24-20-23-13-18(27-20)15-2-3-17-12-22-8-4-14(17)10-15/h2-4,8,10,12-13,16H,1,5-7,9,11H2,(H,23,24,25). The van der Waals surface area contributed by atoms with Crippen LogP contribution in [-0.2, 0) is 9.53 Å². The van der Waals surface area contributed by atoms with Gasteiger partial charge < -0.3 is 10.1 Å². The van der Waals surface area contributed by atoms with Crippen molar-refractivity contribution in [1.82, 2.24) is 9.97 Å². The molecular weight excluding hydrogens is 358 g/mol. The van der Waals surface area contributed by atoms with E-state index in [0.29, 0.717) is 11.7 Å². The van der Waals surface area contributed by atoms with Crippen LogP contribution in [0.5, 0.6) is 0 Å². The largest absolute Gasteiger partial charge is 0.375 e. The third-order valence-corrected chi connectivity index (χ3v) is 6.75. The van der Waals surface area contributed by atoms with Gasteiger partial charge in [-0.25, -0.2) is 4.98 Å². The molecule has 5 rings (SSSR count). The number of amides is 1. The number of fused-ring (bicyclic) bond motifs is 1. The van der Waals surface area contributed by atoms with Gasteiger partial charge in [0.15, 0.2) is 5.13 Å². The number of pyridine rings is 1. The summed E-state index contributed by atoms with van der Waals surface area (Å²) in [5, 5.41) is 5.96. The lowest BCUT2D eigenvalue weighted by Gasteiger charge is -2.46. The third kappa shape index (κ3) is 3.24. The molecule has 1 unspecified atom stereocenters. The second kappa shape index (κ2) is 6.69. The first-order valence-electron chi connectivity index (χ1n) is 9.46. The lowest BCUT2D eigenvalue weighted by atomic mass is 9.72. The van der Waals surface area contributed by atoms with Crippen molar-refractivity contribution in [3.05, 3.63) is 42.9 Å². The highest BCUT2D eigenvalue weighted by molar-refractivity contribution is 7.19. The maximum atomic E-state index is 12.7. The van der Waals surface area contributed by atoms with Crippen LogP contribution in [0.2, 0.25) is 0 Å². The summed E-state index contributed by atoms with van der Waals surface area (Å²) in [6.07, 6.45) is 10.5. The number of hydrogen-bond acceptors (Lipinski definition) is 5. The van der Waals surface area contributed by atoms with E-state index < -0.39 is 0 Å². The van der Waals surface area contributed by atoms with Crippen LogP contribution < -0.4 is 5.32 Å². The number of carbonyl (C=O) groups is 1. The Bertz CT molecular complexity index is 996. The molecule has 0 bridgehead atoms. The van der Waals surface area contributed by atoms with Gasteiger partial charge >= 0.3 is 0 Å². The van der Waals surface area contributed by atoms with Crippen LogP contribution in [0.1, 0.15) is 32.1 Å². The first kappa shape index (κ1) is 16.8. The number of thiazole rings is 1. The lowest BCUT2D eigenvalue weighted by molar-refractivity contribution is -0.153. The molecule has 0 radical (unpaired) electrons. The number of hydrogen-bond donors (Lipinski definition) is 1. The Morgan fingerprint density at radius 1 is 1.22 bits per heavy atom. The van der Waals surface area contributed by atoms with Crippen LogP contribution in [0.15, 0.2) is 42.9 Å². The van der Waals surface area contributed by atoms with Gasteiger partial charge in [-0.1, -0.05) is 23.5 Å². The van der Waals surface area contributed by atoms with Gasteiger partial charge in [-0.2, -0.15) is 0 Å². The normalized spacial score (nSPS) is 21.1. The molecule has 1 aliphatic heterocycles. The summed E-state index contributed by atoms with van der Waals surface area (Å²) < 4.78 is 5.93. The first-order chi connectivity index (χ1) is 13.2. The van der Waals surface area contributed by atoms with Gasteiger partial charge in [-0.15, -0.1) is 0 Å². The van der Waals surface area contributed by atoms with E-state index >= 15 is 0 Å². The second-order valence-corrected chi connectivity index (χ2v) is 8.56. The van der Waals surface area contributed by atoms with Crippen molar-refractivity contribution < 1.29 is 9.53 Å². The Kier molecular flexibility index (Phi) is 4.17. The maximum absolute atomic E-state index is 12.7. The van der Waals surface area contributed by atoms with Crippen molar-refractivity contribution in [2.75, 3.05) is 11.9 Å². The SMILES string of the molecule is O=C(Nc1ncc(-c2ccc3cnccc3c2)s1)C1CCOC2(CCC2)C1. The van der Waals surface area contributed by atoms with Gasteiger partial charge in [-0.3, -0.25) is 9.78 Å². The Morgan fingerprint density at radius 3 is 3.00 bits per heavy atom. The average molecular weight is 379 g/mol. The average Bonchev–Trinajstić information content (AvgIpc) is 3.15. The van der Waals surface area contributed by atoms with Crippen molar-refractivity contribution >= 4 is 33.1 Å². The van der Waals surface area contributed by atoms with Crippen LogP contribution in [0, 0.1) is 5.92 Å².